The van der Waals surface area contributed by atoms with Crippen LogP contribution in [0.4, 0.5) is 11.4 Å². The van der Waals surface area contributed by atoms with Crippen molar-refractivity contribution in [2.75, 3.05) is 5.32 Å². The van der Waals surface area contributed by atoms with Crippen LogP contribution < -0.4 is 10.0 Å². The van der Waals surface area contributed by atoms with E-state index in [4.69, 9.17) is 0 Å². The molecule has 2 N–H and O–H groups in total. The van der Waals surface area contributed by atoms with Gasteiger partial charge in [-0.25, -0.2) is 8.42 Å². The minimum absolute atomic E-state index is 0.0421. The van der Waals surface area contributed by atoms with Crippen molar-refractivity contribution in [1.29, 1.82) is 0 Å². The number of carbonyl (C=O) groups is 1. The second-order valence-corrected chi connectivity index (χ2v) is 9.09. The van der Waals surface area contributed by atoms with Gasteiger partial charge in [0.2, 0.25) is 15.9 Å². The quantitative estimate of drug-likeness (QED) is 0.398. The second-order valence-electron chi connectivity index (χ2n) is 7.37. The third-order valence-electron chi connectivity index (χ3n) is 4.99. The largest absolute Gasteiger partial charge is 0.324 e. The van der Waals surface area contributed by atoms with Gasteiger partial charge in [-0.3, -0.25) is 14.9 Å². The summed E-state index contributed by atoms with van der Waals surface area (Å²) in [6, 6.07) is 18.5. The third kappa shape index (κ3) is 5.57. The predicted octanol–water partition coefficient (Wildman–Crippen LogP) is 3.74. The van der Waals surface area contributed by atoms with Crippen molar-refractivity contribution in [2.24, 2.45) is 0 Å². The highest BCUT2D eigenvalue weighted by Gasteiger charge is 2.27. The Morgan fingerprint density at radius 1 is 0.969 bits per heavy atom. The van der Waals surface area contributed by atoms with Gasteiger partial charge in [-0.05, 0) is 44.0 Å². The van der Waals surface area contributed by atoms with Gasteiger partial charge in [-0.2, -0.15) is 4.72 Å². The van der Waals surface area contributed by atoms with Crippen molar-refractivity contribution in [2.45, 2.75) is 31.2 Å². The van der Waals surface area contributed by atoms with Crippen LogP contribution in [0.15, 0.2) is 77.7 Å². The van der Waals surface area contributed by atoms with Gasteiger partial charge in [0.1, 0.15) is 6.04 Å². The summed E-state index contributed by atoms with van der Waals surface area (Å²) in [5.74, 6) is -0.617. The fourth-order valence-electron chi connectivity index (χ4n) is 3.19. The average molecular weight is 454 g/mol. The maximum atomic E-state index is 13.1. The Kier molecular flexibility index (Phi) is 7.01. The molecule has 3 aromatic carbocycles. The van der Waals surface area contributed by atoms with Crippen molar-refractivity contribution < 1.29 is 18.1 Å². The number of hydrogen-bond donors (Lipinski definition) is 2. The molecule has 0 heterocycles. The number of anilines is 1. The lowest BCUT2D eigenvalue weighted by Crippen LogP contribution is -2.45. The van der Waals surface area contributed by atoms with E-state index in [0.29, 0.717) is 0 Å². The number of amides is 1. The molecule has 1 unspecified atom stereocenters. The zero-order valence-corrected chi connectivity index (χ0v) is 18.4. The first-order valence-electron chi connectivity index (χ1n) is 9.85. The molecule has 8 nitrogen and oxygen atoms in total. The molecule has 0 aliphatic carbocycles. The topological polar surface area (TPSA) is 118 Å². The van der Waals surface area contributed by atoms with Crippen LogP contribution in [0.1, 0.15) is 16.7 Å². The SMILES string of the molecule is Cc1ccc(S(=O)(=O)NC(Cc2ccccc2)C(=O)Nc2cccc([N+](=O)[O-])c2C)cc1. The maximum absolute atomic E-state index is 13.1. The molecule has 1 amide bonds. The first kappa shape index (κ1) is 23.1. The van der Waals surface area contributed by atoms with E-state index in [0.717, 1.165) is 11.1 Å². The molecule has 0 aliphatic heterocycles. The number of hydrogen-bond acceptors (Lipinski definition) is 5. The highest BCUT2D eigenvalue weighted by molar-refractivity contribution is 7.89. The summed E-state index contributed by atoms with van der Waals surface area (Å²) in [4.78, 5) is 23.8. The summed E-state index contributed by atoms with van der Waals surface area (Å²) in [5.41, 5.74) is 2.06. The molecule has 3 aromatic rings. The Hall–Kier alpha value is -3.56. The van der Waals surface area contributed by atoms with Gasteiger partial charge < -0.3 is 5.32 Å². The van der Waals surface area contributed by atoms with E-state index < -0.39 is 26.9 Å². The number of nitrogens with zero attached hydrogens (tertiary/aromatic N) is 1. The Balaban J connectivity index is 1.90. The fraction of sp³-hybridized carbons (Fsp3) is 0.174. The van der Waals surface area contributed by atoms with Crippen LogP contribution in [0.5, 0.6) is 0 Å². The molecule has 0 saturated heterocycles. The standard InChI is InChI=1S/C23H23N3O5S/c1-16-11-13-19(14-12-16)32(30,31)25-21(15-18-7-4-3-5-8-18)23(27)24-20-9-6-10-22(17(20)2)26(28)29/h3-14,21,25H,15H2,1-2H3,(H,24,27). The minimum atomic E-state index is -3.98. The molecule has 0 spiro atoms. The highest BCUT2D eigenvalue weighted by atomic mass is 32.2. The van der Waals surface area contributed by atoms with Crippen LogP contribution in [-0.4, -0.2) is 25.3 Å². The number of benzene rings is 3. The number of sulfonamides is 1. The van der Waals surface area contributed by atoms with Crippen molar-refractivity contribution in [3.05, 3.63) is 99.6 Å². The van der Waals surface area contributed by atoms with E-state index in [1.165, 1.54) is 37.3 Å². The molecule has 166 valence electrons. The third-order valence-corrected chi connectivity index (χ3v) is 6.48. The summed E-state index contributed by atoms with van der Waals surface area (Å²) in [6.45, 7) is 3.37. The number of rotatable bonds is 8. The zero-order valence-electron chi connectivity index (χ0n) is 17.6. The molecule has 0 fully saturated rings. The molecule has 0 aliphatic rings. The number of carbonyl (C=O) groups excluding carboxylic acids is 1. The summed E-state index contributed by atoms with van der Waals surface area (Å²) in [7, 11) is -3.98. The van der Waals surface area contributed by atoms with Gasteiger partial charge in [-0.15, -0.1) is 0 Å². The fourth-order valence-corrected chi connectivity index (χ4v) is 4.38. The van der Waals surface area contributed by atoms with Crippen LogP contribution in [0.25, 0.3) is 0 Å². The van der Waals surface area contributed by atoms with E-state index in [-0.39, 0.29) is 28.3 Å². The number of nitro groups is 1. The summed E-state index contributed by atoms with van der Waals surface area (Å²) in [5, 5.41) is 13.8. The lowest BCUT2D eigenvalue weighted by Gasteiger charge is -2.19. The summed E-state index contributed by atoms with van der Waals surface area (Å²) >= 11 is 0. The first-order valence-corrected chi connectivity index (χ1v) is 11.3. The smallest absolute Gasteiger partial charge is 0.274 e. The van der Waals surface area contributed by atoms with E-state index in [1.54, 1.807) is 36.4 Å². The van der Waals surface area contributed by atoms with Gasteiger partial charge in [-0.1, -0.05) is 54.1 Å². The van der Waals surface area contributed by atoms with Crippen LogP contribution >= 0.6 is 0 Å². The van der Waals surface area contributed by atoms with Gasteiger partial charge in [0.25, 0.3) is 5.69 Å². The molecule has 1 atom stereocenters. The molecular weight excluding hydrogens is 430 g/mol. The summed E-state index contributed by atoms with van der Waals surface area (Å²) in [6.07, 6.45) is 0.103. The first-order chi connectivity index (χ1) is 15.2. The van der Waals surface area contributed by atoms with E-state index in [2.05, 4.69) is 10.0 Å². The highest BCUT2D eigenvalue weighted by Crippen LogP contribution is 2.25. The van der Waals surface area contributed by atoms with Gasteiger partial charge >= 0.3 is 0 Å². The summed E-state index contributed by atoms with van der Waals surface area (Å²) < 4.78 is 28.3. The molecule has 0 bridgehead atoms. The van der Waals surface area contributed by atoms with Crippen molar-refractivity contribution in [3.8, 4) is 0 Å². The Labute approximate surface area is 186 Å². The van der Waals surface area contributed by atoms with Crippen LogP contribution in [0.3, 0.4) is 0 Å². The second kappa shape index (κ2) is 9.71. The van der Waals surface area contributed by atoms with E-state index in [1.807, 2.05) is 13.0 Å². The molecule has 9 heteroatoms. The van der Waals surface area contributed by atoms with Crippen LogP contribution in [0, 0.1) is 24.0 Å². The Bertz CT molecular complexity index is 1230. The number of nitro benzene ring substituents is 1. The number of aryl methyl sites for hydroxylation is 1. The normalized spacial score (nSPS) is 12.2. The zero-order chi connectivity index (χ0) is 23.3. The lowest BCUT2D eigenvalue weighted by atomic mass is 10.1. The van der Waals surface area contributed by atoms with E-state index >= 15 is 0 Å². The molecule has 32 heavy (non-hydrogen) atoms. The number of nitrogens with one attached hydrogen (secondary N) is 2. The van der Waals surface area contributed by atoms with E-state index in [9.17, 15) is 23.3 Å². The van der Waals surface area contributed by atoms with Crippen molar-refractivity contribution >= 4 is 27.3 Å². The molecular formula is C23H23N3O5S. The van der Waals surface area contributed by atoms with Crippen molar-refractivity contribution in [3.63, 3.8) is 0 Å². The monoisotopic (exact) mass is 453 g/mol. The molecule has 0 radical (unpaired) electrons. The van der Waals surface area contributed by atoms with Gasteiger partial charge in [0, 0.05) is 6.07 Å². The van der Waals surface area contributed by atoms with Crippen LogP contribution in [-0.2, 0) is 21.2 Å². The minimum Gasteiger partial charge on any atom is -0.324 e. The molecule has 0 saturated carbocycles. The molecule has 3 rings (SSSR count). The lowest BCUT2D eigenvalue weighted by molar-refractivity contribution is -0.385. The van der Waals surface area contributed by atoms with Crippen molar-refractivity contribution in [1.82, 2.24) is 4.72 Å². The maximum Gasteiger partial charge on any atom is 0.274 e. The molecule has 0 aromatic heterocycles. The van der Waals surface area contributed by atoms with Gasteiger partial charge in [0.05, 0.1) is 21.1 Å². The Morgan fingerprint density at radius 3 is 2.25 bits per heavy atom. The Morgan fingerprint density at radius 2 is 1.62 bits per heavy atom. The predicted molar refractivity (Wildman–Crippen MR) is 122 cm³/mol. The van der Waals surface area contributed by atoms with Gasteiger partial charge in [0.15, 0.2) is 0 Å². The van der Waals surface area contributed by atoms with Crippen LogP contribution in [0.2, 0.25) is 0 Å². The average Bonchev–Trinajstić information content (AvgIpc) is 2.75.